The van der Waals surface area contributed by atoms with Gasteiger partial charge in [-0.15, -0.1) is 0 Å². The van der Waals surface area contributed by atoms with E-state index in [1.54, 1.807) is 12.1 Å². The molecule has 3 aromatic rings. The summed E-state index contributed by atoms with van der Waals surface area (Å²) in [6, 6.07) is 5.07. The van der Waals surface area contributed by atoms with Crippen LogP contribution in [0, 0.1) is 0 Å². The predicted octanol–water partition coefficient (Wildman–Crippen LogP) is 2.68. The number of imidazole rings is 1. The number of hydrogen-bond acceptors (Lipinski definition) is 11. The number of nitrogens with one attached hydrogen (secondary N) is 1. The molecule has 0 unspecified atom stereocenters. The highest BCUT2D eigenvalue weighted by Crippen LogP contribution is 2.33. The number of anilines is 1. The maximum atomic E-state index is 12.1. The smallest absolute Gasteiger partial charge is 0.305 e. The van der Waals surface area contributed by atoms with Crippen molar-refractivity contribution < 1.29 is 34.3 Å². The van der Waals surface area contributed by atoms with Crippen LogP contribution in [0.4, 0.5) is 5.82 Å². The Morgan fingerprint density at radius 2 is 1.95 bits per heavy atom. The van der Waals surface area contributed by atoms with Gasteiger partial charge < -0.3 is 34.8 Å². The molecule has 1 aliphatic rings. The molecule has 4 atom stereocenters. The Kier molecular flexibility index (Phi) is 9.32. The van der Waals surface area contributed by atoms with Crippen molar-refractivity contribution in [3.8, 4) is 11.5 Å². The van der Waals surface area contributed by atoms with E-state index in [0.717, 1.165) is 37.7 Å². The molecule has 12 heteroatoms. The SMILES string of the molecule is CCCCCCCC(=O)OC[C@H]1O[C@@H](n2cnc3c(NCc4ccc(OC)c(O)c4)ncnc32)[C@H](O)[C@@H]1O. The van der Waals surface area contributed by atoms with Crippen molar-refractivity contribution in [3.05, 3.63) is 36.4 Å². The molecule has 0 amide bonds. The summed E-state index contributed by atoms with van der Waals surface area (Å²) in [6.45, 7) is 2.32. The number of unbranched alkanes of at least 4 members (excludes halogenated alkanes) is 4. The number of methoxy groups -OCH3 is 1. The van der Waals surface area contributed by atoms with Crippen LogP contribution in [0.3, 0.4) is 0 Å². The van der Waals surface area contributed by atoms with E-state index in [4.69, 9.17) is 14.2 Å². The van der Waals surface area contributed by atoms with Crippen molar-refractivity contribution in [3.63, 3.8) is 0 Å². The maximum absolute atomic E-state index is 12.1. The fraction of sp³-hybridized carbons (Fsp3) is 0.538. The van der Waals surface area contributed by atoms with Gasteiger partial charge in [0.1, 0.15) is 31.2 Å². The Labute approximate surface area is 220 Å². The van der Waals surface area contributed by atoms with E-state index in [1.807, 2.05) is 6.07 Å². The zero-order chi connectivity index (χ0) is 27.1. The number of aliphatic hydroxyl groups excluding tert-OH is 2. The first kappa shape index (κ1) is 27.6. The fourth-order valence-corrected chi connectivity index (χ4v) is 4.42. The lowest BCUT2D eigenvalue weighted by atomic mass is 10.1. The Bertz CT molecular complexity index is 1220. The second kappa shape index (κ2) is 12.9. The number of aromatic hydroxyl groups is 1. The number of rotatable bonds is 13. The van der Waals surface area contributed by atoms with E-state index in [0.29, 0.717) is 35.7 Å². The zero-order valence-corrected chi connectivity index (χ0v) is 21.6. The Morgan fingerprint density at radius 1 is 1.13 bits per heavy atom. The number of phenols is 1. The number of carbonyl (C=O) groups is 1. The minimum absolute atomic E-state index is 0.0297. The second-order valence-corrected chi connectivity index (χ2v) is 9.30. The number of nitrogens with zero attached hydrogens (tertiary/aromatic N) is 4. The highest BCUT2D eigenvalue weighted by molar-refractivity contribution is 5.82. The lowest BCUT2D eigenvalue weighted by Gasteiger charge is -2.16. The number of ether oxygens (including phenoxy) is 3. The van der Waals surface area contributed by atoms with E-state index < -0.39 is 24.5 Å². The number of hydrogen-bond donors (Lipinski definition) is 4. The van der Waals surface area contributed by atoms with Crippen LogP contribution in [0.25, 0.3) is 11.2 Å². The van der Waals surface area contributed by atoms with Crippen LogP contribution in [-0.4, -0.2) is 72.8 Å². The molecule has 3 heterocycles. The van der Waals surface area contributed by atoms with Crippen LogP contribution in [-0.2, 0) is 20.8 Å². The number of esters is 1. The van der Waals surface area contributed by atoms with Crippen molar-refractivity contribution in [2.75, 3.05) is 19.0 Å². The molecule has 1 fully saturated rings. The molecule has 12 nitrogen and oxygen atoms in total. The molecule has 0 aliphatic carbocycles. The lowest BCUT2D eigenvalue weighted by molar-refractivity contribution is -0.150. The predicted molar refractivity (Wildman–Crippen MR) is 138 cm³/mol. The molecular weight excluding hydrogens is 494 g/mol. The van der Waals surface area contributed by atoms with Gasteiger partial charge in [-0.1, -0.05) is 38.7 Å². The molecule has 0 saturated carbocycles. The Balaban J connectivity index is 1.38. The first-order valence-electron chi connectivity index (χ1n) is 12.9. The van der Waals surface area contributed by atoms with Crippen molar-refractivity contribution >= 4 is 23.0 Å². The van der Waals surface area contributed by atoms with Gasteiger partial charge in [0.2, 0.25) is 0 Å². The molecule has 38 heavy (non-hydrogen) atoms. The molecule has 4 N–H and O–H groups in total. The van der Waals surface area contributed by atoms with Crippen molar-refractivity contribution in [1.82, 2.24) is 19.5 Å². The minimum Gasteiger partial charge on any atom is -0.504 e. The van der Waals surface area contributed by atoms with Crippen LogP contribution >= 0.6 is 0 Å². The summed E-state index contributed by atoms with van der Waals surface area (Å²) in [5.74, 6) is 0.505. The van der Waals surface area contributed by atoms with Gasteiger partial charge in [0.05, 0.1) is 13.4 Å². The van der Waals surface area contributed by atoms with Gasteiger partial charge in [-0.3, -0.25) is 9.36 Å². The average Bonchev–Trinajstić information content (AvgIpc) is 3.47. The van der Waals surface area contributed by atoms with Crippen LogP contribution in [0.2, 0.25) is 0 Å². The summed E-state index contributed by atoms with van der Waals surface area (Å²) in [5, 5.41) is 34.4. The van der Waals surface area contributed by atoms with E-state index in [-0.39, 0.29) is 18.3 Å². The fourth-order valence-electron chi connectivity index (χ4n) is 4.42. The van der Waals surface area contributed by atoms with Gasteiger partial charge in [-0.2, -0.15) is 0 Å². The first-order valence-corrected chi connectivity index (χ1v) is 12.9. The van der Waals surface area contributed by atoms with Crippen molar-refractivity contribution in [2.24, 2.45) is 0 Å². The summed E-state index contributed by atoms with van der Waals surface area (Å²) < 4.78 is 17.8. The molecule has 0 spiro atoms. The molecule has 1 saturated heterocycles. The molecule has 206 valence electrons. The quantitative estimate of drug-likeness (QED) is 0.190. The highest BCUT2D eigenvalue weighted by atomic mass is 16.6. The van der Waals surface area contributed by atoms with Crippen LogP contribution in [0.1, 0.15) is 57.2 Å². The molecule has 2 aromatic heterocycles. The first-order chi connectivity index (χ1) is 18.4. The van der Waals surface area contributed by atoms with Crippen LogP contribution in [0.5, 0.6) is 11.5 Å². The topological polar surface area (TPSA) is 161 Å². The third-order valence-electron chi connectivity index (χ3n) is 6.57. The van der Waals surface area contributed by atoms with E-state index in [9.17, 15) is 20.1 Å². The zero-order valence-electron chi connectivity index (χ0n) is 21.6. The molecule has 1 aliphatic heterocycles. The summed E-state index contributed by atoms with van der Waals surface area (Å²) in [7, 11) is 1.48. The summed E-state index contributed by atoms with van der Waals surface area (Å²) in [6.07, 6.45) is 3.83. The number of aliphatic hydroxyl groups is 2. The van der Waals surface area contributed by atoms with Crippen LogP contribution < -0.4 is 10.1 Å². The molecule has 4 rings (SSSR count). The summed E-state index contributed by atoms with van der Waals surface area (Å²) in [5.41, 5.74) is 1.63. The van der Waals surface area contributed by atoms with E-state index in [2.05, 4.69) is 27.2 Å². The lowest BCUT2D eigenvalue weighted by Crippen LogP contribution is -2.34. The molecule has 0 radical (unpaired) electrons. The third kappa shape index (κ3) is 6.32. The van der Waals surface area contributed by atoms with E-state index in [1.165, 1.54) is 24.3 Å². The maximum Gasteiger partial charge on any atom is 0.305 e. The number of carbonyl (C=O) groups excluding carboxylic acids is 1. The highest BCUT2D eigenvalue weighted by Gasteiger charge is 2.45. The van der Waals surface area contributed by atoms with Gasteiger partial charge in [0, 0.05) is 13.0 Å². The third-order valence-corrected chi connectivity index (χ3v) is 6.57. The minimum atomic E-state index is -1.28. The summed E-state index contributed by atoms with van der Waals surface area (Å²) >= 11 is 0. The number of aromatic nitrogens is 4. The van der Waals surface area contributed by atoms with Gasteiger partial charge in [-0.25, -0.2) is 15.0 Å². The molecular formula is C26H35N5O7. The van der Waals surface area contributed by atoms with E-state index >= 15 is 0 Å². The van der Waals surface area contributed by atoms with Gasteiger partial charge in [-0.05, 0) is 24.1 Å². The molecule has 1 aromatic carbocycles. The van der Waals surface area contributed by atoms with Gasteiger partial charge in [0.15, 0.2) is 34.7 Å². The van der Waals surface area contributed by atoms with Crippen molar-refractivity contribution in [2.45, 2.75) is 76.5 Å². The number of phenolic OH excluding ortho intramolecular Hbond substituents is 1. The normalized spacial score (nSPS) is 21.1. The number of benzene rings is 1. The Morgan fingerprint density at radius 3 is 2.71 bits per heavy atom. The second-order valence-electron chi connectivity index (χ2n) is 9.30. The average molecular weight is 530 g/mol. The van der Waals surface area contributed by atoms with Crippen LogP contribution in [0.15, 0.2) is 30.9 Å². The number of fused-ring (bicyclic) bond motifs is 1. The monoisotopic (exact) mass is 529 g/mol. The molecule has 0 bridgehead atoms. The van der Waals surface area contributed by atoms with Gasteiger partial charge >= 0.3 is 5.97 Å². The Hall–Kier alpha value is -3.48. The summed E-state index contributed by atoms with van der Waals surface area (Å²) in [4.78, 5) is 25.0. The van der Waals surface area contributed by atoms with Gasteiger partial charge in [0.25, 0.3) is 0 Å². The largest absolute Gasteiger partial charge is 0.504 e. The van der Waals surface area contributed by atoms with Crippen molar-refractivity contribution in [1.29, 1.82) is 0 Å². The standard InChI is InChI=1S/C26H35N5O7/c1-3-4-5-6-7-8-20(33)37-13-19-22(34)23(35)26(38-19)31-15-30-21-24(28-14-29-25(21)31)27-12-16-9-10-18(36-2)17(32)11-16/h9-11,14-15,19,22-23,26,32,34-35H,3-8,12-13H2,1-2H3,(H,27,28,29)/t19-,22-,23-,26-/m1/s1.